The van der Waals surface area contributed by atoms with Crippen LogP contribution in [0.25, 0.3) is 11.3 Å². The van der Waals surface area contributed by atoms with E-state index in [1.807, 2.05) is 17.0 Å². The van der Waals surface area contributed by atoms with Crippen LogP contribution < -0.4 is 10.2 Å². The number of carboxylic acids is 2. The van der Waals surface area contributed by atoms with Crippen LogP contribution in [0.3, 0.4) is 0 Å². The van der Waals surface area contributed by atoms with Crippen LogP contribution in [0.4, 0.5) is 10.1 Å². The average Bonchev–Trinajstić information content (AvgIpc) is 3.50. The van der Waals surface area contributed by atoms with Crippen molar-refractivity contribution >= 4 is 35.0 Å². The Kier molecular flexibility index (Phi) is 6.18. The predicted molar refractivity (Wildman–Crippen MR) is 137 cm³/mol. The fourth-order valence-electron chi connectivity index (χ4n) is 4.38. The van der Waals surface area contributed by atoms with Crippen molar-refractivity contribution in [1.29, 1.82) is 0 Å². The Morgan fingerprint density at radius 3 is 2.38 bits per heavy atom. The zero-order chi connectivity index (χ0) is 26.3. The molecule has 37 heavy (non-hydrogen) atoms. The Morgan fingerprint density at radius 1 is 1.03 bits per heavy atom. The van der Waals surface area contributed by atoms with Crippen molar-refractivity contribution in [2.24, 2.45) is 0 Å². The molecule has 8 nitrogen and oxygen atoms in total. The number of pyridine rings is 1. The minimum atomic E-state index is -1.26. The third-order valence-electron chi connectivity index (χ3n) is 6.15. The quantitative estimate of drug-likeness (QED) is 0.291. The predicted octanol–water partition coefficient (Wildman–Crippen LogP) is 5.36. The lowest BCUT2D eigenvalue weighted by Gasteiger charge is -2.26. The standard InChI is InChI=1S/C27H20FN3O5S/c1-14-10-18(5-6-19(14)28)31-24(23(30-27(31)37)20-4-2-3-9-29-20)22-8-7-21(36-22)15-11-16(25(32)33)13-17(12-15)26(34)35/h2-13,23-24H,1H3,(H,30,37)(H,32,33)(H,34,35). The lowest BCUT2D eigenvalue weighted by atomic mass is 10.0. The number of aromatic nitrogens is 1. The number of benzene rings is 2. The van der Waals surface area contributed by atoms with Crippen molar-refractivity contribution in [2.45, 2.75) is 19.0 Å². The Balaban J connectivity index is 1.62. The van der Waals surface area contributed by atoms with Gasteiger partial charge in [-0.05, 0) is 85.4 Å². The van der Waals surface area contributed by atoms with Gasteiger partial charge in [0.15, 0.2) is 5.11 Å². The highest BCUT2D eigenvalue weighted by atomic mass is 32.1. The topological polar surface area (TPSA) is 116 Å². The minimum Gasteiger partial charge on any atom is -0.478 e. The number of hydrogen-bond donors (Lipinski definition) is 3. The fourth-order valence-corrected chi connectivity index (χ4v) is 4.73. The lowest BCUT2D eigenvalue weighted by molar-refractivity contribution is 0.0696. The summed E-state index contributed by atoms with van der Waals surface area (Å²) in [5, 5.41) is 22.6. The normalized spacial score (nSPS) is 17.0. The molecule has 2 unspecified atom stereocenters. The van der Waals surface area contributed by atoms with Crippen molar-refractivity contribution < 1.29 is 28.6 Å². The number of halogens is 1. The maximum absolute atomic E-state index is 14.0. The Labute approximate surface area is 216 Å². The van der Waals surface area contributed by atoms with Crippen LogP contribution in [0, 0.1) is 12.7 Å². The first-order valence-electron chi connectivity index (χ1n) is 11.2. The first kappa shape index (κ1) is 24.1. The Bertz CT molecular complexity index is 1510. The summed E-state index contributed by atoms with van der Waals surface area (Å²) < 4.78 is 20.2. The monoisotopic (exact) mass is 517 g/mol. The highest BCUT2D eigenvalue weighted by Crippen LogP contribution is 2.43. The number of furan rings is 1. The molecule has 2 aromatic heterocycles. The van der Waals surface area contributed by atoms with Crippen LogP contribution in [0.2, 0.25) is 0 Å². The van der Waals surface area contributed by atoms with Gasteiger partial charge in [0.05, 0.1) is 22.9 Å². The van der Waals surface area contributed by atoms with Gasteiger partial charge in [-0.3, -0.25) is 4.98 Å². The van der Waals surface area contributed by atoms with E-state index < -0.39 is 24.0 Å². The van der Waals surface area contributed by atoms with E-state index in [2.05, 4.69) is 10.3 Å². The number of nitrogens with one attached hydrogen (secondary N) is 1. The molecular weight excluding hydrogens is 497 g/mol. The van der Waals surface area contributed by atoms with Gasteiger partial charge in [-0.2, -0.15) is 0 Å². The van der Waals surface area contributed by atoms with E-state index in [0.29, 0.717) is 33.4 Å². The van der Waals surface area contributed by atoms with Crippen LogP contribution in [-0.4, -0.2) is 32.2 Å². The number of thiocarbonyl (C=S) groups is 1. The number of anilines is 1. The molecule has 0 spiro atoms. The maximum Gasteiger partial charge on any atom is 0.335 e. The van der Waals surface area contributed by atoms with Crippen molar-refractivity contribution in [3.63, 3.8) is 0 Å². The Morgan fingerprint density at radius 2 is 1.76 bits per heavy atom. The molecule has 0 amide bonds. The largest absolute Gasteiger partial charge is 0.478 e. The van der Waals surface area contributed by atoms with Gasteiger partial charge in [-0.25, -0.2) is 14.0 Å². The number of hydrogen-bond acceptors (Lipinski definition) is 5. The van der Waals surface area contributed by atoms with Crippen molar-refractivity contribution in [3.8, 4) is 11.3 Å². The molecule has 5 rings (SSSR count). The van der Waals surface area contributed by atoms with Crippen LogP contribution in [-0.2, 0) is 0 Å². The third kappa shape index (κ3) is 4.54. The molecule has 3 heterocycles. The van der Waals surface area contributed by atoms with Gasteiger partial charge in [0.1, 0.15) is 23.4 Å². The SMILES string of the molecule is Cc1cc(N2C(=S)NC(c3ccccn3)C2c2ccc(-c3cc(C(=O)O)cc(C(=O)O)c3)o2)ccc1F. The molecule has 2 aromatic carbocycles. The smallest absolute Gasteiger partial charge is 0.335 e. The average molecular weight is 518 g/mol. The number of aryl methyl sites for hydroxylation is 1. The first-order chi connectivity index (χ1) is 17.7. The molecule has 186 valence electrons. The van der Waals surface area contributed by atoms with Crippen LogP contribution >= 0.6 is 12.2 Å². The van der Waals surface area contributed by atoms with Crippen molar-refractivity contribution in [1.82, 2.24) is 10.3 Å². The summed E-state index contributed by atoms with van der Waals surface area (Å²) in [7, 11) is 0. The molecule has 1 aliphatic heterocycles. The molecule has 0 aliphatic carbocycles. The zero-order valence-electron chi connectivity index (χ0n) is 19.4. The maximum atomic E-state index is 14.0. The van der Waals surface area contributed by atoms with Crippen molar-refractivity contribution in [3.05, 3.63) is 107 Å². The van der Waals surface area contributed by atoms with E-state index >= 15 is 0 Å². The second kappa shape index (κ2) is 9.47. The molecule has 4 aromatic rings. The summed E-state index contributed by atoms with van der Waals surface area (Å²) in [5.41, 5.74) is 1.76. The second-order valence-electron chi connectivity index (χ2n) is 8.54. The summed E-state index contributed by atoms with van der Waals surface area (Å²) >= 11 is 5.67. The minimum absolute atomic E-state index is 0.175. The summed E-state index contributed by atoms with van der Waals surface area (Å²) in [4.78, 5) is 29.4. The lowest BCUT2D eigenvalue weighted by Crippen LogP contribution is -2.29. The molecule has 0 saturated carbocycles. The zero-order valence-corrected chi connectivity index (χ0v) is 20.2. The van der Waals surface area contributed by atoms with Gasteiger partial charge >= 0.3 is 11.9 Å². The molecule has 1 aliphatic rings. The Hall–Kier alpha value is -4.57. The molecule has 1 saturated heterocycles. The number of aromatic carboxylic acids is 2. The van der Waals surface area contributed by atoms with E-state index in [1.54, 1.807) is 43.5 Å². The molecule has 3 N–H and O–H groups in total. The second-order valence-corrected chi connectivity index (χ2v) is 8.93. The van der Waals surface area contributed by atoms with Crippen molar-refractivity contribution in [2.75, 3.05) is 4.90 Å². The molecular formula is C27H20FN3O5S. The highest BCUT2D eigenvalue weighted by Gasteiger charge is 2.42. The van der Waals surface area contributed by atoms with Gasteiger partial charge in [-0.15, -0.1) is 0 Å². The van der Waals surface area contributed by atoms with Gasteiger partial charge in [-0.1, -0.05) is 6.07 Å². The van der Waals surface area contributed by atoms with Gasteiger partial charge < -0.3 is 24.8 Å². The van der Waals surface area contributed by atoms with Gasteiger partial charge in [0.2, 0.25) is 0 Å². The molecule has 1 fully saturated rings. The number of rotatable bonds is 6. The number of carbonyl (C=O) groups is 2. The van der Waals surface area contributed by atoms with Gasteiger partial charge in [0.25, 0.3) is 0 Å². The number of carboxylic acid groups (broad SMARTS) is 2. The van der Waals surface area contributed by atoms with E-state index in [4.69, 9.17) is 16.6 Å². The van der Waals surface area contributed by atoms with Gasteiger partial charge in [0, 0.05) is 17.4 Å². The third-order valence-corrected chi connectivity index (χ3v) is 6.46. The molecule has 2 atom stereocenters. The molecule has 0 bridgehead atoms. The first-order valence-corrected chi connectivity index (χ1v) is 11.6. The van der Waals surface area contributed by atoms with Crippen LogP contribution in [0.5, 0.6) is 0 Å². The van der Waals surface area contributed by atoms with E-state index in [-0.39, 0.29) is 22.7 Å². The summed E-state index contributed by atoms with van der Waals surface area (Å²) in [6.07, 6.45) is 1.67. The molecule has 10 heteroatoms. The van der Waals surface area contributed by atoms with E-state index in [1.165, 1.54) is 18.2 Å². The van der Waals surface area contributed by atoms with Crippen LogP contribution in [0.1, 0.15) is 49.8 Å². The highest BCUT2D eigenvalue weighted by molar-refractivity contribution is 7.80. The molecule has 0 radical (unpaired) electrons. The summed E-state index contributed by atoms with van der Waals surface area (Å²) in [5.74, 6) is -2.09. The fraction of sp³-hybridized carbons (Fsp3) is 0.111. The number of nitrogens with zero attached hydrogens (tertiary/aromatic N) is 2. The van der Waals surface area contributed by atoms with Crippen LogP contribution in [0.15, 0.2) is 77.3 Å². The summed E-state index contributed by atoms with van der Waals surface area (Å²) in [6, 6.07) is 16.4. The van der Waals surface area contributed by atoms with E-state index in [9.17, 15) is 24.2 Å². The van der Waals surface area contributed by atoms with E-state index in [0.717, 1.165) is 6.07 Å². The summed E-state index contributed by atoms with van der Waals surface area (Å²) in [6.45, 7) is 1.66.